The van der Waals surface area contributed by atoms with Crippen molar-refractivity contribution in [1.82, 2.24) is 19.6 Å². The number of aryl methyl sites for hydroxylation is 2. The summed E-state index contributed by atoms with van der Waals surface area (Å²) in [7, 11) is 3.86. The maximum absolute atomic E-state index is 12.4. The second-order valence-electron chi connectivity index (χ2n) is 7.42. The first-order valence-electron chi connectivity index (χ1n) is 8.56. The molecule has 25 heavy (non-hydrogen) atoms. The number of carbonyl (C=O) groups is 1. The first-order chi connectivity index (χ1) is 11.9. The zero-order valence-electron chi connectivity index (χ0n) is 14.9. The van der Waals surface area contributed by atoms with Crippen LogP contribution in [0.3, 0.4) is 0 Å². The van der Waals surface area contributed by atoms with Crippen LogP contribution in [0.5, 0.6) is 0 Å². The van der Waals surface area contributed by atoms with Gasteiger partial charge < -0.3 is 4.79 Å². The Bertz CT molecular complexity index is 957. The van der Waals surface area contributed by atoms with Crippen LogP contribution in [0.15, 0.2) is 24.2 Å². The molecule has 6 heteroatoms. The van der Waals surface area contributed by atoms with E-state index in [1.807, 2.05) is 44.2 Å². The van der Waals surface area contributed by atoms with E-state index in [9.17, 15) is 4.79 Å². The summed E-state index contributed by atoms with van der Waals surface area (Å²) < 4.78 is 3.71. The van der Waals surface area contributed by atoms with Crippen LogP contribution in [0.1, 0.15) is 31.5 Å². The quantitative estimate of drug-likeness (QED) is 0.753. The van der Waals surface area contributed by atoms with Gasteiger partial charge in [0.15, 0.2) is 5.78 Å². The summed E-state index contributed by atoms with van der Waals surface area (Å²) >= 11 is 0. The van der Waals surface area contributed by atoms with Crippen molar-refractivity contribution in [3.05, 3.63) is 46.8 Å². The first-order valence-corrected chi connectivity index (χ1v) is 8.56. The Morgan fingerprint density at radius 2 is 2.16 bits per heavy atom. The number of rotatable bonds is 1. The molecule has 2 aromatic rings. The number of aromatic nitrogens is 4. The number of nitrogens with zero attached hydrogens (tertiary/aromatic N) is 5. The van der Waals surface area contributed by atoms with E-state index in [-0.39, 0.29) is 28.7 Å². The summed E-state index contributed by atoms with van der Waals surface area (Å²) in [4.78, 5) is 15.9. The molecule has 0 radical (unpaired) electrons. The Kier molecular flexibility index (Phi) is 3.26. The van der Waals surface area contributed by atoms with Crippen LogP contribution >= 0.6 is 0 Å². The molecule has 0 saturated heterocycles. The van der Waals surface area contributed by atoms with Gasteiger partial charge in [0, 0.05) is 42.8 Å². The van der Waals surface area contributed by atoms with Crippen molar-refractivity contribution < 1.29 is 4.79 Å². The van der Waals surface area contributed by atoms with Gasteiger partial charge in [-0.05, 0) is 18.8 Å². The second kappa shape index (κ2) is 5.16. The molecule has 0 aromatic carbocycles. The smallest absolute Gasteiger partial charge is 0.226 e. The molecule has 0 bridgehead atoms. The third-order valence-corrected chi connectivity index (χ3v) is 5.94. The topological polar surface area (TPSA) is 57.1 Å². The SMILES string of the molecule is [C-]#[N+]C1=C[C@]2(C)c3nn(C)c(-c4cnn(C)c4)c3CC[C@H]2[C@H](C)C1=O. The Hall–Kier alpha value is -2.68. The molecule has 0 amide bonds. The molecule has 0 spiro atoms. The number of ketones is 1. The predicted octanol–water partition coefficient (Wildman–Crippen LogP) is 2.66. The van der Waals surface area contributed by atoms with Crippen molar-refractivity contribution in [3.63, 3.8) is 0 Å². The maximum atomic E-state index is 12.4. The molecule has 4 rings (SSSR count). The van der Waals surface area contributed by atoms with E-state index in [0.29, 0.717) is 0 Å². The van der Waals surface area contributed by atoms with Crippen LogP contribution in [0, 0.1) is 18.4 Å². The number of hydrogen-bond acceptors (Lipinski definition) is 3. The Balaban J connectivity index is 1.94. The second-order valence-corrected chi connectivity index (χ2v) is 7.42. The van der Waals surface area contributed by atoms with Gasteiger partial charge in [-0.2, -0.15) is 10.2 Å². The molecule has 0 aliphatic heterocycles. The van der Waals surface area contributed by atoms with Gasteiger partial charge in [0.1, 0.15) is 0 Å². The molecule has 2 aliphatic rings. The van der Waals surface area contributed by atoms with E-state index in [2.05, 4.69) is 16.9 Å². The molecule has 0 N–H and O–H groups in total. The average Bonchev–Trinajstić information content (AvgIpc) is 3.14. The normalized spacial score (nSPS) is 28.1. The lowest BCUT2D eigenvalue weighted by molar-refractivity contribution is -0.121. The molecule has 2 heterocycles. The summed E-state index contributed by atoms with van der Waals surface area (Å²) in [5.74, 6) is 0.0232. The van der Waals surface area contributed by atoms with E-state index < -0.39 is 0 Å². The van der Waals surface area contributed by atoms with Crippen molar-refractivity contribution in [2.75, 3.05) is 0 Å². The third kappa shape index (κ3) is 2.05. The molecular weight excluding hydrogens is 314 g/mol. The lowest BCUT2D eigenvalue weighted by atomic mass is 9.58. The first kappa shape index (κ1) is 15.8. The summed E-state index contributed by atoms with van der Waals surface area (Å²) in [6, 6.07) is 0. The standard InChI is InChI=1S/C19H21N5O/c1-11-14-7-6-13-16(12-9-21-23(4)10-12)24(5)22-18(13)19(14,2)8-15(20-3)17(11)25/h8-11,14H,6-7H2,1-2,4-5H3/t11-,14-,19-/m0/s1. The highest BCUT2D eigenvalue weighted by molar-refractivity contribution is 6.00. The van der Waals surface area contributed by atoms with Crippen LogP contribution < -0.4 is 0 Å². The molecular formula is C19H21N5O. The lowest BCUT2D eigenvalue weighted by Gasteiger charge is -2.44. The van der Waals surface area contributed by atoms with Gasteiger partial charge in [-0.1, -0.05) is 19.9 Å². The fourth-order valence-electron chi connectivity index (χ4n) is 4.72. The number of fused-ring (bicyclic) bond motifs is 3. The Morgan fingerprint density at radius 1 is 1.40 bits per heavy atom. The summed E-state index contributed by atoms with van der Waals surface area (Å²) in [5.41, 5.74) is 4.24. The van der Waals surface area contributed by atoms with Gasteiger partial charge in [0.05, 0.1) is 24.2 Å². The number of allylic oxidation sites excluding steroid dienone is 2. The zero-order valence-corrected chi connectivity index (χ0v) is 14.9. The summed E-state index contributed by atoms with van der Waals surface area (Å²) in [6.07, 6.45) is 7.55. The van der Waals surface area contributed by atoms with Gasteiger partial charge in [0.25, 0.3) is 0 Å². The molecule has 3 atom stereocenters. The molecule has 0 saturated carbocycles. The van der Waals surface area contributed by atoms with Crippen molar-refractivity contribution in [1.29, 1.82) is 0 Å². The summed E-state index contributed by atoms with van der Waals surface area (Å²) in [6.45, 7) is 11.5. The highest BCUT2D eigenvalue weighted by atomic mass is 16.1. The predicted molar refractivity (Wildman–Crippen MR) is 93.4 cm³/mol. The van der Waals surface area contributed by atoms with Crippen molar-refractivity contribution >= 4 is 5.78 Å². The average molecular weight is 335 g/mol. The van der Waals surface area contributed by atoms with Gasteiger partial charge >= 0.3 is 0 Å². The highest BCUT2D eigenvalue weighted by Crippen LogP contribution is 2.51. The van der Waals surface area contributed by atoms with Crippen LogP contribution in [0.2, 0.25) is 0 Å². The Morgan fingerprint density at radius 3 is 2.80 bits per heavy atom. The zero-order chi connectivity index (χ0) is 17.9. The van der Waals surface area contributed by atoms with Gasteiger partial charge in [0.2, 0.25) is 5.70 Å². The van der Waals surface area contributed by atoms with E-state index >= 15 is 0 Å². The fraction of sp³-hybridized carbons (Fsp3) is 0.474. The van der Waals surface area contributed by atoms with Crippen LogP contribution in [-0.2, 0) is 30.7 Å². The van der Waals surface area contributed by atoms with Gasteiger partial charge in [-0.3, -0.25) is 9.36 Å². The number of carbonyl (C=O) groups excluding carboxylic acids is 1. The van der Waals surface area contributed by atoms with E-state index in [1.54, 1.807) is 4.68 Å². The molecule has 2 aromatic heterocycles. The fourth-order valence-corrected chi connectivity index (χ4v) is 4.72. The molecule has 2 aliphatic carbocycles. The van der Waals surface area contributed by atoms with Crippen LogP contribution in [0.4, 0.5) is 0 Å². The Labute approximate surface area is 147 Å². The van der Waals surface area contributed by atoms with E-state index in [0.717, 1.165) is 29.8 Å². The van der Waals surface area contributed by atoms with Crippen LogP contribution in [-0.4, -0.2) is 25.3 Å². The highest BCUT2D eigenvalue weighted by Gasteiger charge is 2.50. The van der Waals surface area contributed by atoms with E-state index in [1.165, 1.54) is 5.56 Å². The van der Waals surface area contributed by atoms with Gasteiger partial charge in [-0.25, -0.2) is 4.85 Å². The minimum absolute atomic E-state index is 0.0238. The van der Waals surface area contributed by atoms with Gasteiger partial charge in [-0.15, -0.1) is 0 Å². The molecule has 0 unspecified atom stereocenters. The maximum Gasteiger partial charge on any atom is 0.226 e. The molecule has 0 fully saturated rings. The lowest BCUT2D eigenvalue weighted by Crippen LogP contribution is -2.45. The van der Waals surface area contributed by atoms with Crippen molar-refractivity contribution in [3.8, 4) is 11.3 Å². The van der Waals surface area contributed by atoms with Crippen molar-refractivity contribution in [2.24, 2.45) is 25.9 Å². The summed E-state index contributed by atoms with van der Waals surface area (Å²) in [5, 5.41) is 9.13. The third-order valence-electron chi connectivity index (χ3n) is 5.94. The van der Waals surface area contributed by atoms with E-state index in [4.69, 9.17) is 11.7 Å². The largest absolute Gasteiger partial charge is 0.308 e. The van der Waals surface area contributed by atoms with Crippen LogP contribution in [0.25, 0.3) is 16.1 Å². The molecule has 6 nitrogen and oxygen atoms in total. The molecule has 128 valence electrons. The minimum Gasteiger partial charge on any atom is -0.308 e. The van der Waals surface area contributed by atoms with Crippen molar-refractivity contribution in [2.45, 2.75) is 32.1 Å². The monoisotopic (exact) mass is 335 g/mol. The number of hydrogen-bond donors (Lipinski definition) is 0. The minimum atomic E-state index is -0.376. The number of Topliss-reactive ketones (excluding diaryl/α,β-unsaturated/α-hetero) is 1.